The number of carboxylic acids is 1. The molecule has 0 aliphatic heterocycles. The molecule has 0 atom stereocenters. The van der Waals surface area contributed by atoms with Gasteiger partial charge in [-0.25, -0.2) is 4.79 Å². The number of rotatable bonds is 4. The third-order valence-electron chi connectivity index (χ3n) is 3.09. The van der Waals surface area contributed by atoms with Crippen LogP contribution >= 0.6 is 0 Å². The second-order valence-corrected chi connectivity index (χ2v) is 4.47. The van der Waals surface area contributed by atoms with Gasteiger partial charge in [-0.2, -0.15) is 0 Å². The van der Waals surface area contributed by atoms with Crippen LogP contribution in [0.2, 0.25) is 0 Å². The van der Waals surface area contributed by atoms with Crippen LogP contribution in [0, 0.1) is 12.3 Å². The Morgan fingerprint density at radius 3 is 2.82 bits per heavy atom. The predicted molar refractivity (Wildman–Crippen MR) is 65.8 cm³/mol. The summed E-state index contributed by atoms with van der Waals surface area (Å²) in [6.45, 7) is 0.641. The molecule has 0 amide bonds. The van der Waals surface area contributed by atoms with Crippen molar-refractivity contribution in [1.82, 2.24) is 4.90 Å². The molecule has 1 aliphatic carbocycles. The van der Waals surface area contributed by atoms with Gasteiger partial charge in [-0.1, -0.05) is 5.92 Å². The highest BCUT2D eigenvalue weighted by atomic mass is 16.4. The Balaban J connectivity index is 2.27. The Labute approximate surface area is 101 Å². The van der Waals surface area contributed by atoms with Crippen molar-refractivity contribution in [3.8, 4) is 12.3 Å². The van der Waals surface area contributed by atoms with E-state index in [0.29, 0.717) is 18.2 Å². The van der Waals surface area contributed by atoms with E-state index in [0.717, 1.165) is 11.1 Å². The van der Waals surface area contributed by atoms with Crippen LogP contribution in [0.15, 0.2) is 18.2 Å². The fraction of sp³-hybridized carbons (Fsp3) is 0.357. The van der Waals surface area contributed by atoms with E-state index in [9.17, 15) is 4.79 Å². The Morgan fingerprint density at radius 2 is 2.29 bits per heavy atom. The van der Waals surface area contributed by atoms with Gasteiger partial charge < -0.3 is 5.11 Å². The van der Waals surface area contributed by atoms with E-state index >= 15 is 0 Å². The summed E-state index contributed by atoms with van der Waals surface area (Å²) in [5.41, 5.74) is 1.87. The van der Waals surface area contributed by atoms with Crippen LogP contribution in [0.1, 0.15) is 34.3 Å². The summed E-state index contributed by atoms with van der Waals surface area (Å²) < 4.78 is 0. The summed E-state index contributed by atoms with van der Waals surface area (Å²) in [6, 6.07) is 5.66. The molecule has 1 aromatic rings. The lowest BCUT2D eigenvalue weighted by Crippen LogP contribution is -2.21. The minimum absolute atomic E-state index is 0.344. The molecular weight excluding hydrogens is 214 g/mol. The zero-order valence-electron chi connectivity index (χ0n) is 9.81. The van der Waals surface area contributed by atoms with Crippen molar-refractivity contribution < 1.29 is 9.90 Å². The molecule has 0 aromatic heterocycles. The highest BCUT2D eigenvalue weighted by Gasteiger charge is 2.26. The molecule has 1 fully saturated rings. The summed E-state index contributed by atoms with van der Waals surface area (Å²) in [4.78, 5) is 13.3. The molecule has 0 unspecified atom stereocenters. The van der Waals surface area contributed by atoms with E-state index in [1.54, 1.807) is 18.2 Å². The van der Waals surface area contributed by atoms with Gasteiger partial charge >= 0.3 is 5.97 Å². The van der Waals surface area contributed by atoms with Gasteiger partial charge in [0.2, 0.25) is 0 Å². The Hall–Kier alpha value is -1.79. The largest absolute Gasteiger partial charge is 0.478 e. The monoisotopic (exact) mass is 229 g/mol. The number of aromatic carboxylic acids is 1. The van der Waals surface area contributed by atoms with Gasteiger partial charge in [0, 0.05) is 18.2 Å². The maximum atomic E-state index is 11.1. The van der Waals surface area contributed by atoms with Crippen LogP contribution in [0.25, 0.3) is 0 Å². The van der Waals surface area contributed by atoms with Crippen molar-refractivity contribution in [1.29, 1.82) is 0 Å². The van der Waals surface area contributed by atoms with Crippen molar-refractivity contribution in [3.05, 3.63) is 34.9 Å². The number of carboxylic acid groups (broad SMARTS) is 1. The SMILES string of the molecule is C#Cc1ccc(C(=O)O)c(CN(C)C2CC2)c1. The molecule has 3 heteroatoms. The fourth-order valence-corrected chi connectivity index (χ4v) is 1.94. The van der Waals surface area contributed by atoms with Crippen LogP contribution < -0.4 is 0 Å². The number of carbonyl (C=O) groups is 1. The molecule has 3 nitrogen and oxygen atoms in total. The van der Waals surface area contributed by atoms with Gasteiger partial charge in [0.15, 0.2) is 0 Å². The minimum Gasteiger partial charge on any atom is -0.478 e. The quantitative estimate of drug-likeness (QED) is 0.802. The zero-order chi connectivity index (χ0) is 12.4. The van der Waals surface area contributed by atoms with Crippen LogP contribution in [0.3, 0.4) is 0 Å². The molecule has 0 bridgehead atoms. The standard InChI is InChI=1S/C14H15NO2/c1-3-10-4-7-13(14(16)17)11(8-10)9-15(2)12-5-6-12/h1,4,7-8,12H,5-6,9H2,2H3,(H,16,17). The van der Waals surface area contributed by atoms with Crippen LogP contribution in [-0.2, 0) is 6.54 Å². The molecular formula is C14H15NO2. The number of nitrogens with zero attached hydrogens (tertiary/aromatic N) is 1. The highest BCUT2D eigenvalue weighted by Crippen LogP contribution is 2.27. The third kappa shape index (κ3) is 2.66. The van der Waals surface area contributed by atoms with Crippen molar-refractivity contribution in [2.75, 3.05) is 7.05 Å². The second-order valence-electron chi connectivity index (χ2n) is 4.47. The van der Waals surface area contributed by atoms with Gasteiger partial charge in [-0.3, -0.25) is 4.90 Å². The van der Waals surface area contributed by atoms with E-state index in [-0.39, 0.29) is 0 Å². The van der Waals surface area contributed by atoms with Crippen LogP contribution in [0.5, 0.6) is 0 Å². The molecule has 1 N–H and O–H groups in total. The third-order valence-corrected chi connectivity index (χ3v) is 3.09. The van der Waals surface area contributed by atoms with Gasteiger partial charge in [0.25, 0.3) is 0 Å². The van der Waals surface area contributed by atoms with Crippen molar-refractivity contribution in [2.24, 2.45) is 0 Å². The molecule has 1 aromatic carbocycles. The molecule has 2 rings (SSSR count). The van der Waals surface area contributed by atoms with Crippen molar-refractivity contribution >= 4 is 5.97 Å². The van der Waals surface area contributed by atoms with Crippen molar-refractivity contribution in [2.45, 2.75) is 25.4 Å². The van der Waals surface area contributed by atoms with E-state index in [1.165, 1.54) is 12.8 Å². The lowest BCUT2D eigenvalue weighted by molar-refractivity contribution is 0.0694. The summed E-state index contributed by atoms with van der Waals surface area (Å²) in [6.07, 6.45) is 7.74. The topological polar surface area (TPSA) is 40.5 Å². The predicted octanol–water partition coefficient (Wildman–Crippen LogP) is 1.96. The summed E-state index contributed by atoms with van der Waals surface area (Å²) >= 11 is 0. The van der Waals surface area contributed by atoms with E-state index in [4.69, 9.17) is 11.5 Å². The number of terminal acetylenes is 1. The molecule has 1 aliphatic rings. The number of hydrogen-bond acceptors (Lipinski definition) is 2. The zero-order valence-corrected chi connectivity index (χ0v) is 9.81. The fourth-order valence-electron chi connectivity index (χ4n) is 1.94. The van der Waals surface area contributed by atoms with Gasteiger partial charge in [0.05, 0.1) is 5.56 Å². The first-order chi connectivity index (χ1) is 8.11. The Bertz CT molecular complexity index is 483. The maximum Gasteiger partial charge on any atom is 0.336 e. The summed E-state index contributed by atoms with van der Waals surface area (Å²) in [5.74, 6) is 1.64. The van der Waals surface area contributed by atoms with Crippen molar-refractivity contribution in [3.63, 3.8) is 0 Å². The Morgan fingerprint density at radius 1 is 1.59 bits per heavy atom. The second kappa shape index (κ2) is 4.60. The number of hydrogen-bond donors (Lipinski definition) is 1. The molecule has 0 spiro atoms. The number of benzene rings is 1. The molecule has 17 heavy (non-hydrogen) atoms. The Kier molecular flexibility index (Phi) is 3.16. The lowest BCUT2D eigenvalue weighted by Gasteiger charge is -2.17. The molecule has 0 heterocycles. The smallest absolute Gasteiger partial charge is 0.336 e. The van der Waals surface area contributed by atoms with E-state index in [2.05, 4.69) is 10.8 Å². The van der Waals surface area contributed by atoms with E-state index in [1.807, 2.05) is 7.05 Å². The normalized spacial score (nSPS) is 14.6. The molecule has 0 radical (unpaired) electrons. The minimum atomic E-state index is -0.896. The average molecular weight is 229 g/mol. The van der Waals surface area contributed by atoms with Gasteiger partial charge in [-0.05, 0) is 43.7 Å². The first-order valence-corrected chi connectivity index (χ1v) is 5.65. The van der Waals surface area contributed by atoms with Crippen LogP contribution in [-0.4, -0.2) is 29.1 Å². The molecule has 1 saturated carbocycles. The summed E-state index contributed by atoms with van der Waals surface area (Å²) in [7, 11) is 2.02. The molecule has 88 valence electrons. The average Bonchev–Trinajstić information content (AvgIpc) is 3.12. The van der Waals surface area contributed by atoms with Gasteiger partial charge in [0.1, 0.15) is 0 Å². The maximum absolute atomic E-state index is 11.1. The summed E-state index contributed by atoms with van der Waals surface area (Å²) in [5, 5.41) is 9.13. The first-order valence-electron chi connectivity index (χ1n) is 5.65. The van der Waals surface area contributed by atoms with E-state index < -0.39 is 5.97 Å². The lowest BCUT2D eigenvalue weighted by atomic mass is 10.0. The first kappa shape index (κ1) is 11.7. The highest BCUT2D eigenvalue weighted by molar-refractivity contribution is 5.89. The molecule has 0 saturated heterocycles. The van der Waals surface area contributed by atoms with Gasteiger partial charge in [-0.15, -0.1) is 6.42 Å². The van der Waals surface area contributed by atoms with Crippen LogP contribution in [0.4, 0.5) is 0 Å².